The van der Waals surface area contributed by atoms with Crippen molar-refractivity contribution in [3.8, 4) is 0 Å². The minimum atomic E-state index is -0.295. The van der Waals surface area contributed by atoms with Crippen molar-refractivity contribution in [2.24, 2.45) is 5.92 Å². The van der Waals surface area contributed by atoms with Gasteiger partial charge in [-0.2, -0.15) is 0 Å². The molecule has 0 amide bonds. The molecule has 0 radical (unpaired) electrons. The molecule has 4 nitrogen and oxygen atoms in total. The molecule has 0 aliphatic carbocycles. The molecule has 25 heavy (non-hydrogen) atoms. The summed E-state index contributed by atoms with van der Waals surface area (Å²) in [5.74, 6) is 0.338. The highest BCUT2D eigenvalue weighted by atomic mass is 16.5. The van der Waals surface area contributed by atoms with Crippen molar-refractivity contribution in [3.05, 3.63) is 30.3 Å². The van der Waals surface area contributed by atoms with Gasteiger partial charge in [-0.25, -0.2) is 0 Å². The monoisotopic (exact) mass is 349 g/mol. The number of benzene rings is 1. The lowest BCUT2D eigenvalue weighted by molar-refractivity contribution is -0.144. The number of carbonyl (C=O) groups is 1. The van der Waals surface area contributed by atoms with Crippen LogP contribution in [0, 0.1) is 5.92 Å². The molecule has 1 rings (SSSR count). The summed E-state index contributed by atoms with van der Waals surface area (Å²) in [4.78, 5) is 11.5. The van der Waals surface area contributed by atoms with E-state index in [4.69, 9.17) is 4.74 Å². The van der Waals surface area contributed by atoms with Gasteiger partial charge in [0, 0.05) is 18.7 Å². The van der Waals surface area contributed by atoms with Crippen LogP contribution < -0.4 is 5.32 Å². The quantitative estimate of drug-likeness (QED) is 0.375. The van der Waals surface area contributed by atoms with Gasteiger partial charge in [-0.3, -0.25) is 4.79 Å². The summed E-state index contributed by atoms with van der Waals surface area (Å²) in [6.45, 7) is 5.21. The zero-order valence-electron chi connectivity index (χ0n) is 15.9. The standard InChI is InChI=1S/C21H35NO3/c1-18(2)17-25-21(24)15-11-6-4-3-5-10-14-20(23)16-22-19-12-8-7-9-13-19/h7-9,12-13,18,20,22-23H,3-6,10-11,14-17H2,1-2H3. The van der Waals surface area contributed by atoms with E-state index in [0.717, 1.165) is 44.2 Å². The Hall–Kier alpha value is -1.55. The Kier molecular flexibility index (Phi) is 11.8. The zero-order valence-corrected chi connectivity index (χ0v) is 15.9. The van der Waals surface area contributed by atoms with Crippen molar-refractivity contribution in [2.45, 2.75) is 71.3 Å². The highest BCUT2D eigenvalue weighted by Crippen LogP contribution is 2.11. The van der Waals surface area contributed by atoms with Gasteiger partial charge in [-0.1, -0.05) is 64.2 Å². The third-order valence-electron chi connectivity index (χ3n) is 4.06. The molecule has 0 bridgehead atoms. The normalized spacial score (nSPS) is 12.2. The summed E-state index contributed by atoms with van der Waals surface area (Å²) in [5.41, 5.74) is 1.05. The zero-order chi connectivity index (χ0) is 18.3. The number of esters is 1. The van der Waals surface area contributed by atoms with E-state index >= 15 is 0 Å². The van der Waals surface area contributed by atoms with E-state index in [1.807, 2.05) is 44.2 Å². The van der Waals surface area contributed by atoms with E-state index in [1.165, 1.54) is 6.42 Å². The highest BCUT2D eigenvalue weighted by Gasteiger charge is 2.05. The molecule has 1 aromatic rings. The number of aliphatic hydroxyl groups is 1. The highest BCUT2D eigenvalue weighted by molar-refractivity contribution is 5.69. The van der Waals surface area contributed by atoms with Gasteiger partial charge in [0.1, 0.15) is 0 Å². The molecule has 0 heterocycles. The Balaban J connectivity index is 1.88. The van der Waals surface area contributed by atoms with Gasteiger partial charge in [0.15, 0.2) is 0 Å². The maximum atomic E-state index is 11.5. The van der Waals surface area contributed by atoms with E-state index in [1.54, 1.807) is 0 Å². The summed E-state index contributed by atoms with van der Waals surface area (Å²) < 4.78 is 5.16. The Morgan fingerprint density at radius 3 is 2.36 bits per heavy atom. The van der Waals surface area contributed by atoms with Gasteiger partial charge in [0.05, 0.1) is 12.7 Å². The third-order valence-corrected chi connectivity index (χ3v) is 4.06. The molecule has 1 unspecified atom stereocenters. The lowest BCUT2D eigenvalue weighted by Gasteiger charge is -2.12. The first kappa shape index (κ1) is 21.5. The summed E-state index contributed by atoms with van der Waals surface area (Å²) in [7, 11) is 0. The number of para-hydroxylation sites is 1. The number of hydrogen-bond acceptors (Lipinski definition) is 4. The van der Waals surface area contributed by atoms with Crippen LogP contribution in [0.1, 0.15) is 65.2 Å². The molecule has 0 aliphatic heterocycles. The van der Waals surface area contributed by atoms with Gasteiger partial charge in [0.2, 0.25) is 0 Å². The SMILES string of the molecule is CC(C)COC(=O)CCCCCCCCC(O)CNc1ccccc1. The van der Waals surface area contributed by atoms with E-state index in [2.05, 4.69) is 5.32 Å². The van der Waals surface area contributed by atoms with Crippen molar-refractivity contribution < 1.29 is 14.6 Å². The maximum absolute atomic E-state index is 11.5. The predicted octanol–water partition coefficient (Wildman–Crippen LogP) is 4.78. The number of carbonyl (C=O) groups excluding carboxylic acids is 1. The molecular formula is C21H35NO3. The molecular weight excluding hydrogens is 314 g/mol. The van der Waals surface area contributed by atoms with Crippen molar-refractivity contribution in [1.29, 1.82) is 0 Å². The number of unbranched alkanes of at least 4 members (excludes halogenated alkanes) is 5. The maximum Gasteiger partial charge on any atom is 0.305 e. The Morgan fingerprint density at radius 2 is 1.68 bits per heavy atom. The van der Waals surface area contributed by atoms with Crippen molar-refractivity contribution >= 4 is 11.7 Å². The second-order valence-electron chi connectivity index (χ2n) is 7.14. The first-order valence-electron chi connectivity index (χ1n) is 9.70. The second kappa shape index (κ2) is 13.7. The van der Waals surface area contributed by atoms with Crippen LogP contribution in [0.3, 0.4) is 0 Å². The lowest BCUT2D eigenvalue weighted by atomic mass is 10.1. The Bertz CT molecular complexity index is 448. The first-order valence-corrected chi connectivity index (χ1v) is 9.70. The molecule has 4 heteroatoms. The molecule has 2 N–H and O–H groups in total. The Labute approximate surface area is 153 Å². The van der Waals surface area contributed by atoms with Crippen molar-refractivity contribution in [1.82, 2.24) is 0 Å². The largest absolute Gasteiger partial charge is 0.465 e. The van der Waals surface area contributed by atoms with Gasteiger partial charge in [-0.15, -0.1) is 0 Å². The third kappa shape index (κ3) is 12.5. The number of anilines is 1. The van der Waals surface area contributed by atoms with Crippen LogP contribution in [0.15, 0.2) is 30.3 Å². The van der Waals surface area contributed by atoms with E-state index in [-0.39, 0.29) is 12.1 Å². The minimum Gasteiger partial charge on any atom is -0.465 e. The number of rotatable bonds is 14. The molecule has 0 aliphatic rings. The van der Waals surface area contributed by atoms with Crippen LogP contribution in [0.4, 0.5) is 5.69 Å². The van der Waals surface area contributed by atoms with Crippen LogP contribution in [0.5, 0.6) is 0 Å². The molecule has 1 aromatic carbocycles. The minimum absolute atomic E-state index is 0.0669. The van der Waals surface area contributed by atoms with Gasteiger partial charge >= 0.3 is 5.97 Å². The van der Waals surface area contributed by atoms with Crippen molar-refractivity contribution in [3.63, 3.8) is 0 Å². The number of ether oxygens (including phenoxy) is 1. The van der Waals surface area contributed by atoms with Gasteiger partial charge in [0.25, 0.3) is 0 Å². The molecule has 142 valence electrons. The van der Waals surface area contributed by atoms with E-state index < -0.39 is 0 Å². The summed E-state index contributed by atoms with van der Waals surface area (Å²) >= 11 is 0. The van der Waals surface area contributed by atoms with Crippen LogP contribution in [-0.4, -0.2) is 30.3 Å². The molecule has 1 atom stereocenters. The lowest BCUT2D eigenvalue weighted by Crippen LogP contribution is -2.19. The van der Waals surface area contributed by atoms with Crippen molar-refractivity contribution in [2.75, 3.05) is 18.5 Å². The van der Waals surface area contributed by atoms with E-state index in [9.17, 15) is 9.90 Å². The summed E-state index contributed by atoms with van der Waals surface area (Å²) in [5, 5.41) is 13.2. The average molecular weight is 350 g/mol. The number of hydrogen-bond donors (Lipinski definition) is 2. The van der Waals surface area contributed by atoms with Crippen LogP contribution >= 0.6 is 0 Å². The summed E-state index contributed by atoms with van der Waals surface area (Å²) in [6, 6.07) is 9.96. The number of aliphatic hydroxyl groups excluding tert-OH is 1. The van der Waals surface area contributed by atoms with Crippen LogP contribution in [-0.2, 0) is 9.53 Å². The topological polar surface area (TPSA) is 58.6 Å². The molecule has 0 fully saturated rings. The number of nitrogens with one attached hydrogen (secondary N) is 1. The van der Waals surface area contributed by atoms with Crippen LogP contribution in [0.2, 0.25) is 0 Å². The predicted molar refractivity (Wildman–Crippen MR) is 104 cm³/mol. The van der Waals surface area contributed by atoms with Gasteiger partial charge < -0.3 is 15.2 Å². The summed E-state index contributed by atoms with van der Waals surface area (Å²) in [6.07, 6.45) is 7.58. The Morgan fingerprint density at radius 1 is 1.04 bits per heavy atom. The van der Waals surface area contributed by atoms with Crippen LogP contribution in [0.25, 0.3) is 0 Å². The first-order chi connectivity index (χ1) is 12.1. The fraction of sp³-hybridized carbons (Fsp3) is 0.667. The molecule has 0 spiro atoms. The second-order valence-corrected chi connectivity index (χ2v) is 7.14. The van der Waals surface area contributed by atoms with E-state index in [0.29, 0.717) is 25.5 Å². The van der Waals surface area contributed by atoms with Gasteiger partial charge in [-0.05, 0) is 30.9 Å². The molecule has 0 saturated carbocycles. The molecule has 0 saturated heterocycles. The average Bonchev–Trinajstić information content (AvgIpc) is 2.61. The fourth-order valence-electron chi connectivity index (χ4n) is 2.58. The molecule has 0 aromatic heterocycles. The fourth-order valence-corrected chi connectivity index (χ4v) is 2.58. The smallest absolute Gasteiger partial charge is 0.305 e.